The molecule has 1 N–H and O–H groups in total. The number of nitrogens with one attached hydrogen (secondary N) is 1. The van der Waals surface area contributed by atoms with Crippen LogP contribution in [0.3, 0.4) is 0 Å². The Morgan fingerprint density at radius 2 is 1.74 bits per heavy atom. The van der Waals surface area contributed by atoms with E-state index in [0.717, 1.165) is 30.9 Å². The molecule has 2 unspecified atom stereocenters. The molecule has 0 amide bonds. The number of pyridine rings is 1. The summed E-state index contributed by atoms with van der Waals surface area (Å²) in [5.74, 6) is 0.356. The highest BCUT2D eigenvalue weighted by molar-refractivity contribution is 7.89. The molecule has 2 rings (SSSR count). The van der Waals surface area contributed by atoms with Crippen molar-refractivity contribution in [3.63, 3.8) is 0 Å². The molecular formula is C26H32F3N3O2S. The molecule has 0 saturated heterocycles. The summed E-state index contributed by atoms with van der Waals surface area (Å²) in [6, 6.07) is 7.70. The van der Waals surface area contributed by atoms with E-state index in [1.807, 2.05) is 26.8 Å². The lowest BCUT2D eigenvalue weighted by molar-refractivity contribution is -0.147. The highest BCUT2D eigenvalue weighted by Gasteiger charge is 2.38. The largest absolute Gasteiger partial charge is 0.404 e. The lowest BCUT2D eigenvalue weighted by Crippen LogP contribution is -2.42. The fraction of sp³-hybridized carbons (Fsp3) is 0.462. The van der Waals surface area contributed by atoms with Crippen LogP contribution in [-0.2, 0) is 10.0 Å². The number of hydrogen-bond acceptors (Lipinski definition) is 4. The molecule has 1 aromatic carbocycles. The summed E-state index contributed by atoms with van der Waals surface area (Å²) in [7, 11) is -4.38. The van der Waals surface area contributed by atoms with Gasteiger partial charge in [0.25, 0.3) is 0 Å². The molecule has 0 bridgehead atoms. The molecular weight excluding hydrogens is 475 g/mol. The predicted molar refractivity (Wildman–Crippen MR) is 132 cm³/mol. The van der Waals surface area contributed by atoms with Gasteiger partial charge in [0.15, 0.2) is 0 Å². The zero-order chi connectivity index (χ0) is 26.6. The van der Waals surface area contributed by atoms with Crippen LogP contribution in [0.5, 0.6) is 0 Å². The first-order valence-electron chi connectivity index (χ1n) is 11.5. The Hall–Kier alpha value is -2.70. The third-order valence-corrected chi connectivity index (χ3v) is 7.39. The predicted octanol–water partition coefficient (Wildman–Crippen LogP) is 6.43. The van der Waals surface area contributed by atoms with Crippen molar-refractivity contribution < 1.29 is 21.6 Å². The Labute approximate surface area is 206 Å². The molecule has 9 heteroatoms. The zero-order valence-corrected chi connectivity index (χ0v) is 21.7. The minimum Gasteiger partial charge on any atom is -0.261 e. The van der Waals surface area contributed by atoms with Crippen molar-refractivity contribution in [1.29, 1.82) is 5.26 Å². The van der Waals surface area contributed by atoms with Gasteiger partial charge in [-0.2, -0.15) is 23.2 Å². The average Bonchev–Trinajstić information content (AvgIpc) is 2.77. The normalized spacial score (nSPS) is 14.9. The molecule has 35 heavy (non-hydrogen) atoms. The second-order valence-electron chi connectivity index (χ2n) is 9.19. The van der Waals surface area contributed by atoms with Gasteiger partial charge in [-0.05, 0) is 80.3 Å². The van der Waals surface area contributed by atoms with Gasteiger partial charge < -0.3 is 0 Å². The Morgan fingerprint density at radius 3 is 2.23 bits per heavy atom. The minimum atomic E-state index is -4.70. The SMILES string of the molecule is CCC(CC(C)C)C(=C(C#N)c1cc(C)cnc1C)c1ccc(S(=O)(=O)NC(C)C(F)(F)F)cc1. The van der Waals surface area contributed by atoms with Crippen LogP contribution < -0.4 is 4.72 Å². The molecule has 0 aliphatic rings. The molecule has 190 valence electrons. The first-order valence-corrected chi connectivity index (χ1v) is 13.0. The Morgan fingerprint density at radius 1 is 1.14 bits per heavy atom. The number of hydrogen-bond donors (Lipinski definition) is 1. The van der Waals surface area contributed by atoms with Crippen molar-refractivity contribution in [3.05, 3.63) is 58.9 Å². The van der Waals surface area contributed by atoms with Crippen LogP contribution >= 0.6 is 0 Å². The molecule has 5 nitrogen and oxygen atoms in total. The third-order valence-electron chi connectivity index (χ3n) is 5.83. The van der Waals surface area contributed by atoms with Crippen molar-refractivity contribution in [2.24, 2.45) is 11.8 Å². The van der Waals surface area contributed by atoms with E-state index in [9.17, 15) is 26.9 Å². The maximum Gasteiger partial charge on any atom is 0.404 e. The fourth-order valence-corrected chi connectivity index (χ4v) is 5.21. The van der Waals surface area contributed by atoms with Crippen LogP contribution in [0.4, 0.5) is 13.2 Å². The van der Waals surface area contributed by atoms with E-state index in [1.54, 1.807) is 23.1 Å². The zero-order valence-electron chi connectivity index (χ0n) is 20.9. The first-order chi connectivity index (χ1) is 16.2. The number of aromatic nitrogens is 1. The lowest BCUT2D eigenvalue weighted by atomic mass is 9.80. The lowest BCUT2D eigenvalue weighted by Gasteiger charge is -2.24. The Kier molecular flexibility index (Phi) is 9.26. The van der Waals surface area contributed by atoms with Crippen molar-refractivity contribution in [1.82, 2.24) is 9.71 Å². The summed E-state index contributed by atoms with van der Waals surface area (Å²) >= 11 is 0. The molecule has 0 saturated carbocycles. The van der Waals surface area contributed by atoms with Crippen LogP contribution in [0, 0.1) is 37.0 Å². The van der Waals surface area contributed by atoms with Crippen LogP contribution in [0.25, 0.3) is 11.1 Å². The van der Waals surface area contributed by atoms with Gasteiger partial charge in [-0.15, -0.1) is 0 Å². The smallest absolute Gasteiger partial charge is 0.261 e. The van der Waals surface area contributed by atoms with Gasteiger partial charge in [0.05, 0.1) is 10.5 Å². The maximum absolute atomic E-state index is 12.9. The quantitative estimate of drug-likeness (QED) is 0.396. The third kappa shape index (κ3) is 7.15. The van der Waals surface area contributed by atoms with E-state index in [1.165, 1.54) is 12.1 Å². The molecule has 0 fully saturated rings. The Bertz CT molecular complexity index is 1210. The number of alkyl halides is 3. The topological polar surface area (TPSA) is 82.8 Å². The number of nitrogens with zero attached hydrogens (tertiary/aromatic N) is 2. The highest BCUT2D eigenvalue weighted by atomic mass is 32.2. The molecule has 0 radical (unpaired) electrons. The van der Waals surface area contributed by atoms with Crippen LogP contribution in [-0.4, -0.2) is 25.6 Å². The summed E-state index contributed by atoms with van der Waals surface area (Å²) in [6.45, 7) is 10.7. The van der Waals surface area contributed by atoms with E-state index in [0.29, 0.717) is 28.3 Å². The molecule has 0 spiro atoms. The molecule has 2 atom stereocenters. The number of aryl methyl sites for hydroxylation is 2. The van der Waals surface area contributed by atoms with Gasteiger partial charge in [0.2, 0.25) is 10.0 Å². The highest BCUT2D eigenvalue weighted by Crippen LogP contribution is 2.38. The van der Waals surface area contributed by atoms with Crippen molar-refractivity contribution in [2.45, 2.75) is 71.5 Å². The second-order valence-corrected chi connectivity index (χ2v) is 10.9. The van der Waals surface area contributed by atoms with E-state index in [4.69, 9.17) is 0 Å². The van der Waals surface area contributed by atoms with Crippen molar-refractivity contribution in [3.8, 4) is 6.07 Å². The maximum atomic E-state index is 12.9. The first kappa shape index (κ1) is 28.5. The molecule has 0 aliphatic heterocycles. The number of benzene rings is 1. The van der Waals surface area contributed by atoms with E-state index in [-0.39, 0.29) is 10.8 Å². The molecule has 1 aromatic heterocycles. The summed E-state index contributed by atoms with van der Waals surface area (Å²) in [5, 5.41) is 10.2. The van der Waals surface area contributed by atoms with E-state index >= 15 is 0 Å². The monoisotopic (exact) mass is 507 g/mol. The molecule has 0 aliphatic carbocycles. The number of sulfonamides is 1. The van der Waals surface area contributed by atoms with Gasteiger partial charge in [0, 0.05) is 17.5 Å². The number of rotatable bonds is 9. The second kappa shape index (κ2) is 11.4. The molecule has 1 heterocycles. The van der Waals surface area contributed by atoms with Crippen LogP contribution in [0.2, 0.25) is 0 Å². The summed E-state index contributed by atoms with van der Waals surface area (Å²) in [5.41, 5.74) is 4.21. The van der Waals surface area contributed by atoms with Gasteiger partial charge in [-0.25, -0.2) is 8.42 Å². The standard InChI is InChI=1S/C26H32F3N3O2S/c1-7-20(12-16(2)3)25(24(14-30)23-13-17(4)15-31-18(23)5)21-8-10-22(11-9-21)35(33,34)32-19(6)26(27,28)29/h8-11,13,15-16,19-20,32H,7,12H2,1-6H3. The number of nitriles is 1. The fourth-order valence-electron chi connectivity index (χ4n) is 3.98. The van der Waals surface area contributed by atoms with E-state index < -0.39 is 22.2 Å². The van der Waals surface area contributed by atoms with Gasteiger partial charge in [0.1, 0.15) is 12.1 Å². The van der Waals surface area contributed by atoms with Gasteiger partial charge in [-0.3, -0.25) is 4.98 Å². The van der Waals surface area contributed by atoms with Crippen molar-refractivity contribution >= 4 is 21.2 Å². The minimum absolute atomic E-state index is 0.00963. The van der Waals surface area contributed by atoms with E-state index in [2.05, 4.69) is 24.9 Å². The summed E-state index contributed by atoms with van der Waals surface area (Å²) < 4.78 is 65.3. The van der Waals surface area contributed by atoms with Gasteiger partial charge in [-0.1, -0.05) is 32.9 Å². The number of halogens is 3. The average molecular weight is 508 g/mol. The molecule has 2 aromatic rings. The van der Waals surface area contributed by atoms with Gasteiger partial charge >= 0.3 is 6.18 Å². The van der Waals surface area contributed by atoms with Crippen LogP contribution in [0.15, 0.2) is 41.4 Å². The Balaban J connectivity index is 2.67. The van der Waals surface area contributed by atoms with Crippen LogP contribution in [0.1, 0.15) is 62.9 Å². The number of allylic oxidation sites excluding steroid dienone is 2. The van der Waals surface area contributed by atoms with Crippen molar-refractivity contribution in [2.75, 3.05) is 0 Å². The summed E-state index contributed by atoms with van der Waals surface area (Å²) in [4.78, 5) is 4.12. The summed E-state index contributed by atoms with van der Waals surface area (Å²) in [6.07, 6.45) is -1.41.